The van der Waals surface area contributed by atoms with Crippen LogP contribution >= 0.6 is 11.8 Å². The van der Waals surface area contributed by atoms with E-state index in [1.165, 1.54) is 25.7 Å². The smallest absolute Gasteiger partial charge is 0.233 e. The lowest BCUT2D eigenvalue weighted by Gasteiger charge is -2.32. The van der Waals surface area contributed by atoms with Crippen molar-refractivity contribution in [2.45, 2.75) is 49.9 Å². The number of thioether (sulfide) groups is 1. The zero-order valence-corrected chi connectivity index (χ0v) is 15.0. The summed E-state index contributed by atoms with van der Waals surface area (Å²) in [7, 11) is 1.55. The van der Waals surface area contributed by atoms with Crippen LogP contribution in [0.15, 0.2) is 12.1 Å². The number of hydrogen-bond donors (Lipinski definition) is 0. The molecule has 0 radical (unpaired) electrons. The largest absolute Gasteiger partial charge is 0.480 e. The molecule has 1 atom stereocenters. The van der Waals surface area contributed by atoms with Gasteiger partial charge in [0.2, 0.25) is 17.7 Å². The van der Waals surface area contributed by atoms with Crippen LogP contribution in [0.3, 0.4) is 0 Å². The SMILES string of the molecule is COc1ccc(OC2CCCN(C(=O)CSC3CCCC3)C2)nn1. The van der Waals surface area contributed by atoms with Gasteiger partial charge in [-0.1, -0.05) is 12.8 Å². The molecular formula is C17H25N3O3S. The normalized spacial score (nSPS) is 21.7. The molecule has 1 aliphatic heterocycles. The number of nitrogens with zero attached hydrogens (tertiary/aromatic N) is 3. The van der Waals surface area contributed by atoms with Gasteiger partial charge in [0, 0.05) is 23.9 Å². The molecule has 1 aromatic rings. The van der Waals surface area contributed by atoms with E-state index < -0.39 is 0 Å². The highest BCUT2D eigenvalue weighted by atomic mass is 32.2. The first-order valence-electron chi connectivity index (χ1n) is 8.68. The Morgan fingerprint density at radius 3 is 2.67 bits per heavy atom. The number of likely N-dealkylation sites (tertiary alicyclic amines) is 1. The van der Waals surface area contributed by atoms with Gasteiger partial charge in [-0.25, -0.2) is 0 Å². The van der Waals surface area contributed by atoms with E-state index in [4.69, 9.17) is 9.47 Å². The molecule has 1 aliphatic carbocycles. The topological polar surface area (TPSA) is 64.6 Å². The van der Waals surface area contributed by atoms with Crippen molar-refractivity contribution in [1.29, 1.82) is 0 Å². The minimum absolute atomic E-state index is 0.0122. The molecule has 132 valence electrons. The summed E-state index contributed by atoms with van der Waals surface area (Å²) in [5.74, 6) is 1.78. The van der Waals surface area contributed by atoms with Gasteiger partial charge in [0.05, 0.1) is 19.4 Å². The first-order valence-corrected chi connectivity index (χ1v) is 9.73. The predicted molar refractivity (Wildman–Crippen MR) is 93.5 cm³/mol. The second kappa shape index (κ2) is 8.55. The summed E-state index contributed by atoms with van der Waals surface area (Å²) in [6, 6.07) is 3.48. The molecule has 3 rings (SSSR count). The highest BCUT2D eigenvalue weighted by Gasteiger charge is 2.26. The van der Waals surface area contributed by atoms with E-state index in [1.807, 2.05) is 16.7 Å². The summed E-state index contributed by atoms with van der Waals surface area (Å²) in [4.78, 5) is 14.4. The van der Waals surface area contributed by atoms with E-state index in [1.54, 1.807) is 19.2 Å². The Hall–Kier alpha value is -1.50. The summed E-state index contributed by atoms with van der Waals surface area (Å²) in [5.41, 5.74) is 0. The van der Waals surface area contributed by atoms with Crippen LogP contribution in [0.2, 0.25) is 0 Å². The van der Waals surface area contributed by atoms with Crippen LogP contribution < -0.4 is 9.47 Å². The van der Waals surface area contributed by atoms with Crippen LogP contribution in [-0.2, 0) is 4.79 Å². The molecule has 0 aromatic carbocycles. The third kappa shape index (κ3) is 4.75. The second-order valence-electron chi connectivity index (χ2n) is 6.35. The van der Waals surface area contributed by atoms with Gasteiger partial charge in [-0.3, -0.25) is 4.79 Å². The van der Waals surface area contributed by atoms with Gasteiger partial charge in [-0.05, 0) is 25.7 Å². The van der Waals surface area contributed by atoms with Gasteiger partial charge in [0.25, 0.3) is 0 Å². The van der Waals surface area contributed by atoms with E-state index in [9.17, 15) is 4.79 Å². The summed E-state index contributed by atoms with van der Waals surface area (Å²) < 4.78 is 10.9. The fraction of sp³-hybridized carbons (Fsp3) is 0.706. The van der Waals surface area contributed by atoms with Crippen LogP contribution in [-0.4, -0.2) is 58.3 Å². The summed E-state index contributed by atoms with van der Waals surface area (Å²) in [6.45, 7) is 1.47. The van der Waals surface area contributed by atoms with Gasteiger partial charge < -0.3 is 14.4 Å². The lowest BCUT2D eigenvalue weighted by molar-refractivity contribution is -0.130. The first kappa shape index (κ1) is 17.3. The lowest BCUT2D eigenvalue weighted by Crippen LogP contribution is -2.45. The molecule has 0 bridgehead atoms. The van der Waals surface area contributed by atoms with Crippen molar-refractivity contribution in [1.82, 2.24) is 15.1 Å². The number of piperidine rings is 1. The molecule has 1 saturated heterocycles. The quantitative estimate of drug-likeness (QED) is 0.785. The maximum Gasteiger partial charge on any atom is 0.233 e. The Kier molecular flexibility index (Phi) is 6.18. The van der Waals surface area contributed by atoms with Crippen molar-refractivity contribution in [3.8, 4) is 11.8 Å². The molecule has 1 amide bonds. The number of carbonyl (C=O) groups excluding carboxylic acids is 1. The van der Waals surface area contributed by atoms with Crippen LogP contribution in [0.25, 0.3) is 0 Å². The van der Waals surface area contributed by atoms with E-state index in [2.05, 4.69) is 10.2 Å². The minimum Gasteiger partial charge on any atom is -0.480 e. The highest BCUT2D eigenvalue weighted by Crippen LogP contribution is 2.29. The minimum atomic E-state index is -0.0122. The van der Waals surface area contributed by atoms with Gasteiger partial charge in [-0.15, -0.1) is 22.0 Å². The molecule has 1 saturated carbocycles. The molecular weight excluding hydrogens is 326 g/mol. The average molecular weight is 351 g/mol. The molecule has 7 heteroatoms. The maximum atomic E-state index is 12.4. The number of aromatic nitrogens is 2. The molecule has 2 fully saturated rings. The molecule has 1 aromatic heterocycles. The van der Waals surface area contributed by atoms with E-state index in [0.717, 1.165) is 19.4 Å². The third-order valence-corrected chi connectivity index (χ3v) is 5.94. The summed E-state index contributed by atoms with van der Waals surface area (Å²) in [6.07, 6.45) is 7.05. The van der Waals surface area contributed by atoms with Crippen LogP contribution in [0.5, 0.6) is 11.8 Å². The number of rotatable bonds is 6. The number of carbonyl (C=O) groups is 1. The molecule has 2 heterocycles. The van der Waals surface area contributed by atoms with E-state index in [-0.39, 0.29) is 12.0 Å². The zero-order chi connectivity index (χ0) is 16.8. The summed E-state index contributed by atoms with van der Waals surface area (Å²) in [5, 5.41) is 8.59. The van der Waals surface area contributed by atoms with Gasteiger partial charge in [0.1, 0.15) is 6.10 Å². The average Bonchev–Trinajstić information content (AvgIpc) is 3.14. The Morgan fingerprint density at radius 1 is 1.21 bits per heavy atom. The van der Waals surface area contributed by atoms with Crippen molar-refractivity contribution < 1.29 is 14.3 Å². The Balaban J connectivity index is 1.46. The van der Waals surface area contributed by atoms with Crippen molar-refractivity contribution >= 4 is 17.7 Å². The fourth-order valence-corrected chi connectivity index (χ4v) is 4.47. The first-order chi connectivity index (χ1) is 11.7. The molecule has 0 spiro atoms. The standard InChI is InChI=1S/C17H25N3O3S/c1-22-15-8-9-16(19-18-15)23-13-5-4-10-20(11-13)17(21)12-24-14-6-2-3-7-14/h8-9,13-14H,2-7,10-12H2,1H3. The Labute approximate surface area is 147 Å². The Bertz CT molecular complexity index is 534. The fourth-order valence-electron chi connectivity index (χ4n) is 3.25. The Morgan fingerprint density at radius 2 is 1.96 bits per heavy atom. The van der Waals surface area contributed by atoms with Crippen LogP contribution in [0, 0.1) is 0 Å². The number of ether oxygens (including phenoxy) is 2. The summed E-state index contributed by atoms with van der Waals surface area (Å²) >= 11 is 1.83. The third-order valence-electron chi connectivity index (χ3n) is 4.59. The zero-order valence-electron chi connectivity index (χ0n) is 14.1. The monoisotopic (exact) mass is 351 g/mol. The second-order valence-corrected chi connectivity index (χ2v) is 7.64. The predicted octanol–water partition coefficient (Wildman–Crippen LogP) is 2.53. The van der Waals surface area contributed by atoms with Gasteiger partial charge >= 0.3 is 0 Å². The molecule has 1 unspecified atom stereocenters. The van der Waals surface area contributed by atoms with Crippen molar-refractivity contribution in [3.63, 3.8) is 0 Å². The van der Waals surface area contributed by atoms with Crippen LogP contribution in [0.4, 0.5) is 0 Å². The van der Waals surface area contributed by atoms with Crippen LogP contribution in [0.1, 0.15) is 38.5 Å². The molecule has 0 N–H and O–H groups in total. The number of hydrogen-bond acceptors (Lipinski definition) is 6. The molecule has 2 aliphatic rings. The van der Waals surface area contributed by atoms with Crippen molar-refractivity contribution in [2.24, 2.45) is 0 Å². The number of amides is 1. The molecule has 6 nitrogen and oxygen atoms in total. The highest BCUT2D eigenvalue weighted by molar-refractivity contribution is 8.00. The van der Waals surface area contributed by atoms with Crippen molar-refractivity contribution in [2.75, 3.05) is 26.0 Å². The lowest BCUT2D eigenvalue weighted by atomic mass is 10.1. The van der Waals surface area contributed by atoms with Gasteiger partial charge in [0.15, 0.2) is 0 Å². The van der Waals surface area contributed by atoms with E-state index in [0.29, 0.717) is 29.3 Å². The van der Waals surface area contributed by atoms with Crippen molar-refractivity contribution in [3.05, 3.63) is 12.1 Å². The number of methoxy groups -OCH3 is 1. The molecule has 24 heavy (non-hydrogen) atoms. The van der Waals surface area contributed by atoms with Gasteiger partial charge in [-0.2, -0.15) is 0 Å². The maximum absolute atomic E-state index is 12.4. The van der Waals surface area contributed by atoms with E-state index >= 15 is 0 Å².